The normalized spacial score (nSPS) is 10.9. The van der Waals surface area contributed by atoms with Crippen molar-refractivity contribution in [2.24, 2.45) is 0 Å². The van der Waals surface area contributed by atoms with E-state index in [1.807, 2.05) is 36.6 Å². The number of ketones is 1. The number of carbonyl (C=O) groups excluding carboxylic acids is 1. The number of tetrazole rings is 1. The van der Waals surface area contributed by atoms with Crippen LogP contribution in [0.4, 0.5) is 4.39 Å². The van der Waals surface area contributed by atoms with Crippen LogP contribution in [0.5, 0.6) is 5.75 Å². The minimum absolute atomic E-state index is 0.0834. The summed E-state index contributed by atoms with van der Waals surface area (Å²) in [7, 11) is 0. The number of nitrogens with zero attached hydrogens (tertiary/aromatic N) is 5. The molecule has 0 aliphatic rings. The fraction of sp³-hybridized carbons (Fsp3) is 0.182. The van der Waals surface area contributed by atoms with Gasteiger partial charge in [-0.15, -0.1) is 5.10 Å². The van der Waals surface area contributed by atoms with Crippen LogP contribution in [0.2, 0.25) is 0 Å². The summed E-state index contributed by atoms with van der Waals surface area (Å²) in [5, 5.41) is 11.1. The van der Waals surface area contributed by atoms with E-state index in [-0.39, 0.29) is 18.2 Å². The highest BCUT2D eigenvalue weighted by Crippen LogP contribution is 2.20. The lowest BCUT2D eigenvalue weighted by Gasteiger charge is -2.10. The van der Waals surface area contributed by atoms with Gasteiger partial charge in [0.05, 0.1) is 5.69 Å². The van der Waals surface area contributed by atoms with Crippen molar-refractivity contribution in [3.05, 3.63) is 89.3 Å². The predicted molar refractivity (Wildman–Crippen MR) is 108 cm³/mol. The second kappa shape index (κ2) is 8.28. The Balaban J connectivity index is 1.46. The molecular formula is C22H20FN5O2. The molecule has 0 amide bonds. The standard InChI is InChI=1S/C22H20FN5O2/c1-15-10-21(16(2)27(15)12-17-6-8-18(23)9-7-17)22(29)13-30-20-5-3-4-19(11-20)28-14-24-25-26-28/h3-11,14H,12-13H2,1-2H3. The van der Waals surface area contributed by atoms with Gasteiger partial charge in [-0.25, -0.2) is 9.07 Å². The van der Waals surface area contributed by atoms with Crippen LogP contribution in [0.25, 0.3) is 5.69 Å². The highest BCUT2D eigenvalue weighted by Gasteiger charge is 2.16. The van der Waals surface area contributed by atoms with Crippen LogP contribution < -0.4 is 4.74 Å². The molecule has 152 valence electrons. The summed E-state index contributed by atoms with van der Waals surface area (Å²) < 4.78 is 22.4. The van der Waals surface area contributed by atoms with Gasteiger partial charge < -0.3 is 9.30 Å². The van der Waals surface area contributed by atoms with E-state index >= 15 is 0 Å². The van der Waals surface area contributed by atoms with Crippen molar-refractivity contribution in [2.75, 3.05) is 6.61 Å². The Labute approximate surface area is 172 Å². The minimum atomic E-state index is -0.267. The highest BCUT2D eigenvalue weighted by atomic mass is 19.1. The number of halogens is 1. The fourth-order valence-electron chi connectivity index (χ4n) is 3.32. The van der Waals surface area contributed by atoms with Crippen LogP contribution in [0, 0.1) is 19.7 Å². The van der Waals surface area contributed by atoms with Gasteiger partial charge in [0.1, 0.15) is 17.9 Å². The molecule has 0 aliphatic carbocycles. The van der Waals surface area contributed by atoms with Crippen LogP contribution in [0.3, 0.4) is 0 Å². The number of aromatic nitrogens is 5. The van der Waals surface area contributed by atoms with Gasteiger partial charge in [-0.2, -0.15) is 0 Å². The molecule has 8 heteroatoms. The second-order valence-electron chi connectivity index (χ2n) is 6.96. The van der Waals surface area contributed by atoms with Gasteiger partial charge in [-0.3, -0.25) is 4.79 Å². The molecule has 0 saturated heterocycles. The van der Waals surface area contributed by atoms with E-state index in [2.05, 4.69) is 15.5 Å². The molecule has 0 fully saturated rings. The summed E-state index contributed by atoms with van der Waals surface area (Å²) in [5.74, 6) is 0.176. The lowest BCUT2D eigenvalue weighted by atomic mass is 10.1. The van der Waals surface area contributed by atoms with E-state index in [1.54, 1.807) is 24.3 Å². The summed E-state index contributed by atoms with van der Waals surface area (Å²) >= 11 is 0. The topological polar surface area (TPSA) is 74.8 Å². The van der Waals surface area contributed by atoms with Crippen molar-refractivity contribution in [3.63, 3.8) is 0 Å². The number of benzene rings is 2. The molecule has 0 spiro atoms. The molecule has 0 radical (unpaired) electrons. The third-order valence-electron chi connectivity index (χ3n) is 4.93. The number of ether oxygens (including phenoxy) is 1. The molecule has 2 heterocycles. The summed E-state index contributed by atoms with van der Waals surface area (Å²) in [4.78, 5) is 12.8. The molecule has 30 heavy (non-hydrogen) atoms. The second-order valence-corrected chi connectivity index (χ2v) is 6.96. The number of carbonyl (C=O) groups is 1. The fourth-order valence-corrected chi connectivity index (χ4v) is 3.32. The summed E-state index contributed by atoms with van der Waals surface area (Å²) in [5.41, 5.74) is 4.13. The van der Waals surface area contributed by atoms with Gasteiger partial charge in [0.15, 0.2) is 6.61 Å². The maximum Gasteiger partial charge on any atom is 0.202 e. The van der Waals surface area contributed by atoms with Crippen LogP contribution >= 0.6 is 0 Å². The summed E-state index contributed by atoms with van der Waals surface area (Å²) in [6.45, 7) is 4.34. The number of Topliss-reactive ketones (excluding diaryl/α,β-unsaturated/α-hetero) is 1. The van der Waals surface area contributed by atoms with Gasteiger partial charge in [0, 0.05) is 29.6 Å². The Bertz CT molecular complexity index is 1170. The number of rotatable bonds is 7. The van der Waals surface area contributed by atoms with E-state index in [0.717, 1.165) is 22.6 Å². The van der Waals surface area contributed by atoms with Crippen molar-refractivity contribution in [1.82, 2.24) is 24.8 Å². The van der Waals surface area contributed by atoms with Crippen LogP contribution in [0.1, 0.15) is 27.3 Å². The monoisotopic (exact) mass is 405 g/mol. The first kappa shape index (κ1) is 19.5. The maximum atomic E-state index is 13.1. The van der Waals surface area contributed by atoms with Gasteiger partial charge in [0.25, 0.3) is 0 Å². The molecule has 0 N–H and O–H groups in total. The zero-order chi connectivity index (χ0) is 21.1. The molecule has 4 aromatic rings. The first-order valence-electron chi connectivity index (χ1n) is 9.42. The molecule has 2 aromatic heterocycles. The summed E-state index contributed by atoms with van der Waals surface area (Å²) in [6.07, 6.45) is 1.49. The van der Waals surface area contributed by atoms with E-state index in [1.165, 1.54) is 23.1 Å². The smallest absolute Gasteiger partial charge is 0.202 e. The van der Waals surface area contributed by atoms with Gasteiger partial charge in [-0.1, -0.05) is 18.2 Å². The Morgan fingerprint density at radius 2 is 1.90 bits per heavy atom. The molecule has 0 bridgehead atoms. The molecule has 0 unspecified atom stereocenters. The van der Waals surface area contributed by atoms with Gasteiger partial charge >= 0.3 is 0 Å². The van der Waals surface area contributed by atoms with E-state index < -0.39 is 0 Å². The maximum absolute atomic E-state index is 13.1. The van der Waals surface area contributed by atoms with Crippen molar-refractivity contribution in [2.45, 2.75) is 20.4 Å². The average molecular weight is 405 g/mol. The van der Waals surface area contributed by atoms with E-state index in [9.17, 15) is 9.18 Å². The van der Waals surface area contributed by atoms with Crippen molar-refractivity contribution >= 4 is 5.78 Å². The Kier molecular flexibility index (Phi) is 5.38. The number of hydrogen-bond acceptors (Lipinski definition) is 5. The third kappa shape index (κ3) is 4.12. The molecule has 0 atom stereocenters. The lowest BCUT2D eigenvalue weighted by molar-refractivity contribution is 0.0920. The van der Waals surface area contributed by atoms with Crippen LogP contribution in [-0.4, -0.2) is 37.2 Å². The highest BCUT2D eigenvalue weighted by molar-refractivity contribution is 5.98. The van der Waals surface area contributed by atoms with Gasteiger partial charge in [-0.05, 0) is 60.2 Å². The largest absolute Gasteiger partial charge is 0.485 e. The third-order valence-corrected chi connectivity index (χ3v) is 4.93. The average Bonchev–Trinajstić information content (AvgIpc) is 3.38. The molecule has 7 nitrogen and oxygen atoms in total. The zero-order valence-electron chi connectivity index (χ0n) is 16.6. The SMILES string of the molecule is Cc1cc(C(=O)COc2cccc(-n3cnnn3)c2)c(C)n1Cc1ccc(F)cc1. The summed E-state index contributed by atoms with van der Waals surface area (Å²) in [6, 6.07) is 15.4. The zero-order valence-corrected chi connectivity index (χ0v) is 16.6. The van der Waals surface area contributed by atoms with E-state index in [0.29, 0.717) is 17.9 Å². The molecular weight excluding hydrogens is 385 g/mol. The van der Waals surface area contributed by atoms with Crippen molar-refractivity contribution < 1.29 is 13.9 Å². The molecule has 4 rings (SSSR count). The van der Waals surface area contributed by atoms with Gasteiger partial charge in [0.2, 0.25) is 5.78 Å². The van der Waals surface area contributed by atoms with Crippen LogP contribution in [0.15, 0.2) is 60.9 Å². The molecule has 2 aromatic carbocycles. The first-order chi connectivity index (χ1) is 14.5. The van der Waals surface area contributed by atoms with E-state index in [4.69, 9.17) is 4.74 Å². The first-order valence-corrected chi connectivity index (χ1v) is 9.42. The Morgan fingerprint density at radius 1 is 1.10 bits per heavy atom. The molecule has 0 saturated carbocycles. The van der Waals surface area contributed by atoms with Crippen molar-refractivity contribution in [1.29, 1.82) is 0 Å². The Morgan fingerprint density at radius 3 is 2.63 bits per heavy atom. The number of hydrogen-bond donors (Lipinski definition) is 0. The quantitative estimate of drug-likeness (QED) is 0.440. The predicted octanol–water partition coefficient (Wildman–Crippen LogP) is 3.53. The Hall–Kier alpha value is -3.81. The minimum Gasteiger partial charge on any atom is -0.485 e. The van der Waals surface area contributed by atoms with Crippen molar-refractivity contribution in [3.8, 4) is 11.4 Å². The van der Waals surface area contributed by atoms with Crippen LogP contribution in [-0.2, 0) is 6.54 Å². The molecule has 0 aliphatic heterocycles. The number of aryl methyl sites for hydroxylation is 1. The lowest BCUT2D eigenvalue weighted by Crippen LogP contribution is -2.13.